The van der Waals surface area contributed by atoms with Gasteiger partial charge in [-0.25, -0.2) is 14.4 Å². The van der Waals surface area contributed by atoms with E-state index in [9.17, 15) is 4.39 Å². The van der Waals surface area contributed by atoms with Crippen LogP contribution in [0.5, 0.6) is 0 Å². The highest BCUT2D eigenvalue weighted by atomic mass is 19.1. The molecule has 0 amide bonds. The van der Waals surface area contributed by atoms with Gasteiger partial charge in [0, 0.05) is 49.3 Å². The normalized spacial score (nSPS) is 14.4. The van der Waals surface area contributed by atoms with Gasteiger partial charge in [0.1, 0.15) is 23.3 Å². The molecule has 3 heterocycles. The molecule has 3 aromatic rings. The average molecular weight is 364 g/mol. The predicted molar refractivity (Wildman–Crippen MR) is 105 cm³/mol. The quantitative estimate of drug-likeness (QED) is 0.685. The van der Waals surface area contributed by atoms with Crippen molar-refractivity contribution in [1.29, 1.82) is 0 Å². The molecule has 1 atom stereocenters. The van der Waals surface area contributed by atoms with Crippen molar-refractivity contribution in [1.82, 2.24) is 15.0 Å². The number of halogens is 1. The number of hydrogen-bond acceptors (Lipinski definition) is 6. The molecule has 1 saturated heterocycles. The van der Waals surface area contributed by atoms with E-state index in [1.807, 2.05) is 19.1 Å². The van der Waals surface area contributed by atoms with Gasteiger partial charge in [-0.1, -0.05) is 12.1 Å². The fourth-order valence-corrected chi connectivity index (χ4v) is 2.96. The molecule has 27 heavy (non-hydrogen) atoms. The molecular formula is C20H21FN6. The molecule has 2 aromatic heterocycles. The lowest BCUT2D eigenvalue weighted by atomic mass is 10.1. The predicted octanol–water partition coefficient (Wildman–Crippen LogP) is 4.14. The zero-order chi connectivity index (χ0) is 18.6. The van der Waals surface area contributed by atoms with Gasteiger partial charge in [0.25, 0.3) is 0 Å². The van der Waals surface area contributed by atoms with Gasteiger partial charge in [-0.05, 0) is 31.0 Å². The van der Waals surface area contributed by atoms with Crippen LogP contribution in [0.1, 0.15) is 24.9 Å². The van der Waals surface area contributed by atoms with Crippen molar-refractivity contribution in [2.75, 3.05) is 28.6 Å². The molecule has 4 rings (SSSR count). The Morgan fingerprint density at radius 1 is 1.04 bits per heavy atom. The average Bonchev–Trinajstić information content (AvgIpc) is 2.61. The summed E-state index contributed by atoms with van der Waals surface area (Å²) < 4.78 is 13.2. The highest BCUT2D eigenvalue weighted by Crippen LogP contribution is 2.29. The number of nitrogens with one attached hydrogen (secondary N) is 2. The van der Waals surface area contributed by atoms with Gasteiger partial charge in [0.05, 0.1) is 6.20 Å². The van der Waals surface area contributed by atoms with Crippen LogP contribution in [0.3, 0.4) is 0 Å². The third-order valence-electron chi connectivity index (χ3n) is 4.59. The maximum atomic E-state index is 13.2. The van der Waals surface area contributed by atoms with E-state index in [-0.39, 0.29) is 11.9 Å². The third kappa shape index (κ3) is 4.13. The Hall–Kier alpha value is -3.22. The van der Waals surface area contributed by atoms with E-state index < -0.39 is 0 Å². The van der Waals surface area contributed by atoms with Crippen molar-refractivity contribution < 1.29 is 4.39 Å². The number of nitrogens with zero attached hydrogens (tertiary/aromatic N) is 4. The van der Waals surface area contributed by atoms with Gasteiger partial charge in [-0.3, -0.25) is 4.98 Å². The lowest BCUT2D eigenvalue weighted by molar-refractivity contribution is 0.617. The maximum Gasteiger partial charge on any atom is 0.150 e. The molecule has 6 nitrogen and oxygen atoms in total. The number of rotatable bonds is 6. The van der Waals surface area contributed by atoms with Crippen LogP contribution in [-0.2, 0) is 0 Å². The van der Waals surface area contributed by atoms with Crippen molar-refractivity contribution in [2.24, 2.45) is 0 Å². The monoisotopic (exact) mass is 364 g/mol. The Morgan fingerprint density at radius 2 is 1.81 bits per heavy atom. The second-order valence-electron chi connectivity index (χ2n) is 6.57. The minimum Gasteiger partial charge on any atom is -0.371 e. The summed E-state index contributed by atoms with van der Waals surface area (Å²) >= 11 is 0. The van der Waals surface area contributed by atoms with Crippen LogP contribution in [0.25, 0.3) is 0 Å². The fraction of sp³-hybridized carbons (Fsp3) is 0.250. The molecule has 0 radical (unpaired) electrons. The standard InChI is InChI=1S/C20H21FN6/c1-14(15-3-5-16(21)6-4-15)24-18-11-17(27-9-2-10-27)12-19(25-18)26-20-13-22-7-8-23-20/h3-8,11-14H,2,9-10H2,1H3,(H2,23,24,25,26)/t14-/m0/s1. The van der Waals surface area contributed by atoms with Crippen molar-refractivity contribution in [3.05, 3.63) is 66.4 Å². The van der Waals surface area contributed by atoms with Crippen molar-refractivity contribution in [2.45, 2.75) is 19.4 Å². The van der Waals surface area contributed by atoms with Gasteiger partial charge < -0.3 is 15.5 Å². The van der Waals surface area contributed by atoms with Gasteiger partial charge in [0.2, 0.25) is 0 Å². The zero-order valence-electron chi connectivity index (χ0n) is 15.1. The van der Waals surface area contributed by atoms with E-state index in [1.165, 1.54) is 18.6 Å². The molecule has 7 heteroatoms. The van der Waals surface area contributed by atoms with Crippen LogP contribution in [0.2, 0.25) is 0 Å². The fourth-order valence-electron chi connectivity index (χ4n) is 2.96. The van der Waals surface area contributed by atoms with Gasteiger partial charge >= 0.3 is 0 Å². The Kier molecular flexibility index (Phi) is 4.82. The molecule has 1 aliphatic rings. The Labute approximate surface area is 157 Å². The molecule has 2 N–H and O–H groups in total. The minimum atomic E-state index is -0.237. The van der Waals surface area contributed by atoms with Crippen LogP contribution >= 0.6 is 0 Å². The van der Waals surface area contributed by atoms with Gasteiger partial charge in [-0.15, -0.1) is 0 Å². The van der Waals surface area contributed by atoms with E-state index in [0.717, 1.165) is 30.2 Å². The Bertz CT molecular complexity index is 896. The first-order valence-corrected chi connectivity index (χ1v) is 8.99. The summed E-state index contributed by atoms with van der Waals surface area (Å²) in [4.78, 5) is 15.3. The largest absolute Gasteiger partial charge is 0.371 e. The summed E-state index contributed by atoms with van der Waals surface area (Å²) in [6.45, 7) is 4.12. The number of benzene rings is 1. The van der Waals surface area contributed by atoms with E-state index >= 15 is 0 Å². The van der Waals surface area contributed by atoms with E-state index in [0.29, 0.717) is 11.6 Å². The molecule has 0 spiro atoms. The molecule has 0 aliphatic carbocycles. The number of anilines is 4. The summed E-state index contributed by atoms with van der Waals surface area (Å²) in [5.41, 5.74) is 2.10. The van der Waals surface area contributed by atoms with Crippen LogP contribution in [0, 0.1) is 5.82 Å². The molecule has 0 saturated carbocycles. The summed E-state index contributed by atoms with van der Waals surface area (Å²) in [6, 6.07) is 10.6. The smallest absolute Gasteiger partial charge is 0.150 e. The van der Waals surface area contributed by atoms with Gasteiger partial charge in [0.15, 0.2) is 0 Å². The van der Waals surface area contributed by atoms with Crippen molar-refractivity contribution in [3.8, 4) is 0 Å². The number of aromatic nitrogens is 3. The zero-order valence-corrected chi connectivity index (χ0v) is 15.1. The van der Waals surface area contributed by atoms with E-state index in [1.54, 1.807) is 30.7 Å². The van der Waals surface area contributed by atoms with E-state index in [2.05, 4.69) is 30.5 Å². The molecule has 0 bridgehead atoms. The van der Waals surface area contributed by atoms with Crippen LogP contribution in [0.15, 0.2) is 55.0 Å². The maximum absolute atomic E-state index is 13.2. The van der Waals surface area contributed by atoms with Crippen LogP contribution in [-0.4, -0.2) is 28.0 Å². The first-order valence-electron chi connectivity index (χ1n) is 8.99. The van der Waals surface area contributed by atoms with E-state index in [4.69, 9.17) is 0 Å². The number of pyridine rings is 1. The molecule has 1 aromatic carbocycles. The lowest BCUT2D eigenvalue weighted by Gasteiger charge is -2.33. The first-order chi connectivity index (χ1) is 13.2. The Balaban J connectivity index is 1.58. The third-order valence-corrected chi connectivity index (χ3v) is 4.59. The number of hydrogen-bond donors (Lipinski definition) is 2. The second-order valence-corrected chi connectivity index (χ2v) is 6.57. The van der Waals surface area contributed by atoms with Crippen molar-refractivity contribution in [3.63, 3.8) is 0 Å². The lowest BCUT2D eigenvalue weighted by Crippen LogP contribution is -2.37. The highest BCUT2D eigenvalue weighted by Gasteiger charge is 2.17. The minimum absolute atomic E-state index is 0.00546. The summed E-state index contributed by atoms with van der Waals surface area (Å²) in [5, 5.41) is 6.62. The summed E-state index contributed by atoms with van der Waals surface area (Å²) in [6.07, 6.45) is 6.13. The second kappa shape index (κ2) is 7.57. The van der Waals surface area contributed by atoms with Crippen LogP contribution < -0.4 is 15.5 Å². The summed E-state index contributed by atoms with van der Waals surface area (Å²) in [5.74, 6) is 1.86. The Morgan fingerprint density at radius 3 is 2.48 bits per heavy atom. The van der Waals surface area contributed by atoms with Crippen LogP contribution in [0.4, 0.5) is 27.5 Å². The molecule has 1 aliphatic heterocycles. The topological polar surface area (TPSA) is 66.0 Å². The molecule has 138 valence electrons. The SMILES string of the molecule is C[C@H](Nc1cc(N2CCC2)cc(Nc2cnccn2)n1)c1ccc(F)cc1. The molecule has 0 unspecified atom stereocenters. The first kappa shape index (κ1) is 17.2. The van der Waals surface area contributed by atoms with Gasteiger partial charge in [-0.2, -0.15) is 0 Å². The summed E-state index contributed by atoms with van der Waals surface area (Å²) in [7, 11) is 0. The molecule has 1 fully saturated rings. The van der Waals surface area contributed by atoms with Crippen molar-refractivity contribution >= 4 is 23.1 Å². The molecular weight excluding hydrogens is 343 g/mol. The highest BCUT2D eigenvalue weighted by molar-refractivity contribution is 5.65.